The average Bonchev–Trinajstić information content (AvgIpc) is 3.28. The first kappa shape index (κ1) is 21.8. The Labute approximate surface area is 190 Å². The summed E-state index contributed by atoms with van der Waals surface area (Å²) in [5.74, 6) is -1.08. The SMILES string of the molecule is CN1CCN(c2ccc(-c3cc(-c4cc(F)cc(C(=O)NCC#N)c4)n[nH]3)cc2Cl)CC1. The molecule has 7 nitrogen and oxygen atoms in total. The van der Waals surface area contributed by atoms with Crippen LogP contribution in [-0.4, -0.2) is 60.8 Å². The number of carbonyl (C=O) groups excluding carboxylic acids is 1. The van der Waals surface area contributed by atoms with Gasteiger partial charge >= 0.3 is 0 Å². The van der Waals surface area contributed by atoms with Crippen molar-refractivity contribution in [2.24, 2.45) is 0 Å². The summed E-state index contributed by atoms with van der Waals surface area (Å²) >= 11 is 6.58. The zero-order valence-electron chi connectivity index (χ0n) is 17.5. The van der Waals surface area contributed by atoms with Crippen LogP contribution in [-0.2, 0) is 0 Å². The molecule has 2 aromatic carbocycles. The zero-order chi connectivity index (χ0) is 22.7. The molecule has 1 fully saturated rings. The van der Waals surface area contributed by atoms with E-state index in [0.29, 0.717) is 16.3 Å². The Bertz CT molecular complexity index is 1180. The number of halogens is 2. The third-order valence-electron chi connectivity index (χ3n) is 5.46. The molecule has 0 spiro atoms. The molecule has 0 bridgehead atoms. The highest BCUT2D eigenvalue weighted by atomic mass is 35.5. The molecule has 9 heteroatoms. The fraction of sp³-hybridized carbons (Fsp3) is 0.261. The molecule has 0 saturated carbocycles. The van der Waals surface area contributed by atoms with E-state index in [1.807, 2.05) is 24.3 Å². The maximum absolute atomic E-state index is 14.1. The number of aromatic nitrogens is 2. The first-order valence-corrected chi connectivity index (χ1v) is 10.6. The lowest BCUT2D eigenvalue weighted by molar-refractivity contribution is 0.0958. The number of carbonyl (C=O) groups is 1. The van der Waals surface area contributed by atoms with E-state index in [9.17, 15) is 9.18 Å². The maximum Gasteiger partial charge on any atom is 0.252 e. The number of anilines is 1. The molecule has 0 radical (unpaired) electrons. The maximum atomic E-state index is 14.1. The second kappa shape index (κ2) is 9.39. The number of amides is 1. The van der Waals surface area contributed by atoms with Gasteiger partial charge in [-0.1, -0.05) is 17.7 Å². The van der Waals surface area contributed by atoms with Crippen molar-refractivity contribution in [1.29, 1.82) is 5.26 Å². The van der Waals surface area contributed by atoms with Crippen LogP contribution in [0.3, 0.4) is 0 Å². The Hall–Kier alpha value is -3.41. The number of nitrogens with zero attached hydrogens (tertiary/aromatic N) is 4. The monoisotopic (exact) mass is 452 g/mol. The summed E-state index contributed by atoms with van der Waals surface area (Å²) in [6.07, 6.45) is 0. The number of rotatable bonds is 5. The van der Waals surface area contributed by atoms with Crippen molar-refractivity contribution in [2.45, 2.75) is 0 Å². The lowest BCUT2D eigenvalue weighted by Gasteiger charge is -2.34. The van der Waals surface area contributed by atoms with Crippen LogP contribution in [0.5, 0.6) is 0 Å². The van der Waals surface area contributed by atoms with Gasteiger partial charge in [-0.3, -0.25) is 9.89 Å². The highest BCUT2D eigenvalue weighted by Crippen LogP contribution is 2.32. The van der Waals surface area contributed by atoms with Gasteiger partial charge in [-0.25, -0.2) is 4.39 Å². The average molecular weight is 453 g/mol. The molecular formula is C23H22ClFN6O. The number of likely N-dealkylation sites (N-methyl/N-ethyl adjacent to an activating group) is 1. The van der Waals surface area contributed by atoms with Gasteiger partial charge in [-0.05, 0) is 43.4 Å². The third kappa shape index (κ3) is 4.74. The van der Waals surface area contributed by atoms with Crippen LogP contribution < -0.4 is 10.2 Å². The van der Waals surface area contributed by atoms with Crippen LogP contribution in [0.4, 0.5) is 10.1 Å². The van der Waals surface area contributed by atoms with Crippen molar-refractivity contribution in [2.75, 3.05) is 44.7 Å². The standard InChI is InChI=1S/C23H22ClFN6O/c1-30-6-8-31(9-7-30)22-3-2-15(13-19(22)24)20-14-21(29-28-20)16-10-17(12-18(25)11-16)23(32)27-5-4-26/h2-3,10-14H,5-9H2,1H3,(H,27,32)(H,28,29). The number of H-pyrrole nitrogens is 1. The topological polar surface area (TPSA) is 88.0 Å². The molecule has 4 rings (SSSR count). The summed E-state index contributed by atoms with van der Waals surface area (Å²) in [4.78, 5) is 16.7. The molecule has 0 aliphatic carbocycles. The third-order valence-corrected chi connectivity index (χ3v) is 5.77. The number of nitriles is 1. The van der Waals surface area contributed by atoms with E-state index in [1.54, 1.807) is 12.1 Å². The smallest absolute Gasteiger partial charge is 0.252 e. The molecule has 2 heterocycles. The van der Waals surface area contributed by atoms with Crippen LogP contribution in [0.2, 0.25) is 5.02 Å². The summed E-state index contributed by atoms with van der Waals surface area (Å²) in [6.45, 7) is 3.68. The van der Waals surface area contributed by atoms with Crippen LogP contribution in [0.25, 0.3) is 22.5 Å². The van der Waals surface area contributed by atoms with Crippen molar-refractivity contribution in [3.05, 3.63) is 58.9 Å². The first-order chi connectivity index (χ1) is 15.4. The molecule has 164 valence electrons. The second-order valence-electron chi connectivity index (χ2n) is 7.69. The lowest BCUT2D eigenvalue weighted by Crippen LogP contribution is -2.44. The van der Waals surface area contributed by atoms with Gasteiger partial charge in [0.25, 0.3) is 5.91 Å². The van der Waals surface area contributed by atoms with E-state index in [1.165, 1.54) is 6.07 Å². The number of aromatic amines is 1. The molecular weight excluding hydrogens is 431 g/mol. The van der Waals surface area contributed by atoms with Gasteiger partial charge in [0.1, 0.15) is 12.4 Å². The van der Waals surface area contributed by atoms with E-state index in [2.05, 4.69) is 32.4 Å². The molecule has 1 amide bonds. The number of nitrogens with one attached hydrogen (secondary N) is 2. The summed E-state index contributed by atoms with van der Waals surface area (Å²) in [6, 6.07) is 13.5. The number of hydrogen-bond donors (Lipinski definition) is 2. The van der Waals surface area contributed by atoms with E-state index in [4.69, 9.17) is 16.9 Å². The summed E-state index contributed by atoms with van der Waals surface area (Å²) in [7, 11) is 2.11. The predicted octanol–water partition coefficient (Wildman–Crippen LogP) is 3.54. The van der Waals surface area contributed by atoms with Crippen molar-refractivity contribution in [1.82, 2.24) is 20.4 Å². The van der Waals surface area contributed by atoms with Gasteiger partial charge in [0, 0.05) is 42.9 Å². The van der Waals surface area contributed by atoms with Gasteiger partial charge in [0.05, 0.1) is 28.2 Å². The Morgan fingerprint density at radius 3 is 2.69 bits per heavy atom. The Kier molecular flexibility index (Phi) is 6.40. The minimum Gasteiger partial charge on any atom is -0.368 e. The van der Waals surface area contributed by atoms with E-state index in [0.717, 1.165) is 49.2 Å². The Balaban J connectivity index is 1.57. The van der Waals surface area contributed by atoms with Crippen LogP contribution >= 0.6 is 11.6 Å². The summed E-state index contributed by atoms with van der Waals surface area (Å²) < 4.78 is 14.1. The first-order valence-electron chi connectivity index (χ1n) is 10.2. The second-order valence-corrected chi connectivity index (χ2v) is 8.10. The zero-order valence-corrected chi connectivity index (χ0v) is 18.3. The number of piperazine rings is 1. The molecule has 3 aromatic rings. The normalized spacial score (nSPS) is 14.2. The Morgan fingerprint density at radius 1 is 1.19 bits per heavy atom. The van der Waals surface area contributed by atoms with Gasteiger partial charge in [0.15, 0.2) is 0 Å². The van der Waals surface area contributed by atoms with Crippen molar-refractivity contribution >= 4 is 23.2 Å². The number of hydrogen-bond acceptors (Lipinski definition) is 5. The van der Waals surface area contributed by atoms with Crippen LogP contribution in [0, 0.1) is 17.1 Å². The van der Waals surface area contributed by atoms with Crippen LogP contribution in [0.15, 0.2) is 42.5 Å². The Morgan fingerprint density at radius 2 is 1.97 bits per heavy atom. The lowest BCUT2D eigenvalue weighted by atomic mass is 10.1. The van der Waals surface area contributed by atoms with Gasteiger partial charge in [-0.15, -0.1) is 0 Å². The number of benzene rings is 2. The highest BCUT2D eigenvalue weighted by Gasteiger charge is 2.18. The van der Waals surface area contributed by atoms with E-state index in [-0.39, 0.29) is 12.1 Å². The molecule has 2 N–H and O–H groups in total. The summed E-state index contributed by atoms with van der Waals surface area (Å²) in [5, 5.41) is 18.9. The van der Waals surface area contributed by atoms with E-state index >= 15 is 0 Å². The minimum absolute atomic E-state index is 0.124. The molecule has 1 aliphatic heterocycles. The quantitative estimate of drug-likeness (QED) is 0.578. The molecule has 0 unspecified atom stereocenters. The van der Waals surface area contributed by atoms with Crippen molar-refractivity contribution in [3.63, 3.8) is 0 Å². The van der Waals surface area contributed by atoms with E-state index < -0.39 is 11.7 Å². The van der Waals surface area contributed by atoms with Crippen LogP contribution in [0.1, 0.15) is 10.4 Å². The van der Waals surface area contributed by atoms with Gasteiger partial charge in [0.2, 0.25) is 0 Å². The summed E-state index contributed by atoms with van der Waals surface area (Å²) in [5.41, 5.74) is 3.66. The predicted molar refractivity (Wildman–Crippen MR) is 122 cm³/mol. The molecule has 32 heavy (non-hydrogen) atoms. The molecule has 1 saturated heterocycles. The van der Waals surface area contributed by atoms with Gasteiger partial charge < -0.3 is 15.1 Å². The molecule has 1 aliphatic rings. The molecule has 0 atom stereocenters. The van der Waals surface area contributed by atoms with Crippen molar-refractivity contribution < 1.29 is 9.18 Å². The highest BCUT2D eigenvalue weighted by molar-refractivity contribution is 6.33. The fourth-order valence-corrected chi connectivity index (χ4v) is 3.99. The van der Waals surface area contributed by atoms with Crippen molar-refractivity contribution in [3.8, 4) is 28.6 Å². The minimum atomic E-state index is -0.561. The molecule has 1 aromatic heterocycles. The van der Waals surface area contributed by atoms with Gasteiger partial charge in [-0.2, -0.15) is 10.4 Å². The fourth-order valence-electron chi connectivity index (χ4n) is 3.69. The largest absolute Gasteiger partial charge is 0.368 e.